The number of benzene rings is 1. The molecular weight excluding hydrogens is 230 g/mol. The van der Waals surface area contributed by atoms with Crippen molar-refractivity contribution in [2.75, 3.05) is 0 Å². The summed E-state index contributed by atoms with van der Waals surface area (Å²) in [7, 11) is 0. The standard InChI is InChI=1S/C11H10ClNO3/c12-11(16)13-6-8-4-2-1-3-7(8)5-9(13)10(14)15/h1-4,9H,5-6H2,(H,14,15)/t9-/m0/s1. The van der Waals surface area contributed by atoms with E-state index in [2.05, 4.69) is 0 Å². The highest BCUT2D eigenvalue weighted by Crippen LogP contribution is 2.24. The van der Waals surface area contributed by atoms with Gasteiger partial charge < -0.3 is 10.0 Å². The highest BCUT2D eigenvalue weighted by atomic mass is 35.5. The summed E-state index contributed by atoms with van der Waals surface area (Å²) in [6.45, 7) is 0.259. The van der Waals surface area contributed by atoms with E-state index >= 15 is 0 Å². The molecule has 5 heteroatoms. The second kappa shape index (κ2) is 4.14. The van der Waals surface area contributed by atoms with Crippen molar-refractivity contribution in [2.24, 2.45) is 0 Å². The Morgan fingerprint density at radius 3 is 2.50 bits per heavy atom. The maximum Gasteiger partial charge on any atom is 0.326 e. The molecule has 1 aliphatic rings. The van der Waals surface area contributed by atoms with E-state index in [9.17, 15) is 9.59 Å². The third kappa shape index (κ3) is 1.88. The smallest absolute Gasteiger partial charge is 0.326 e. The number of halogens is 1. The van der Waals surface area contributed by atoms with Crippen molar-refractivity contribution in [2.45, 2.75) is 19.0 Å². The number of nitrogens with zero attached hydrogens (tertiary/aromatic N) is 1. The average Bonchev–Trinajstić information content (AvgIpc) is 2.27. The second-order valence-electron chi connectivity index (χ2n) is 3.71. The van der Waals surface area contributed by atoms with Gasteiger partial charge in [0.2, 0.25) is 0 Å². The molecular formula is C11H10ClNO3. The van der Waals surface area contributed by atoms with E-state index < -0.39 is 17.4 Å². The van der Waals surface area contributed by atoms with Crippen LogP contribution in [-0.4, -0.2) is 27.4 Å². The summed E-state index contributed by atoms with van der Waals surface area (Å²) in [5.41, 5.74) is 1.91. The summed E-state index contributed by atoms with van der Waals surface area (Å²) in [5.74, 6) is -1.02. The number of carbonyl (C=O) groups is 2. The molecule has 1 atom stereocenters. The minimum absolute atomic E-state index is 0.259. The lowest BCUT2D eigenvalue weighted by Gasteiger charge is -2.32. The van der Waals surface area contributed by atoms with Gasteiger partial charge in [-0.05, 0) is 22.7 Å². The molecule has 1 N–H and O–H groups in total. The molecule has 1 aromatic rings. The fourth-order valence-electron chi connectivity index (χ4n) is 1.93. The Balaban J connectivity index is 2.37. The molecule has 4 nitrogen and oxygen atoms in total. The van der Waals surface area contributed by atoms with Crippen molar-refractivity contribution in [3.8, 4) is 0 Å². The van der Waals surface area contributed by atoms with E-state index in [1.54, 1.807) is 0 Å². The number of amides is 1. The molecule has 0 bridgehead atoms. The van der Waals surface area contributed by atoms with Gasteiger partial charge in [-0.3, -0.25) is 4.79 Å². The van der Waals surface area contributed by atoms with Gasteiger partial charge in [0.15, 0.2) is 0 Å². The number of rotatable bonds is 1. The summed E-state index contributed by atoms with van der Waals surface area (Å²) in [6, 6.07) is 6.61. The highest BCUT2D eigenvalue weighted by Gasteiger charge is 2.33. The first-order valence-corrected chi connectivity index (χ1v) is 5.23. The SMILES string of the molecule is O=C(O)[C@@H]1Cc2ccccc2CN1C(=O)Cl. The van der Waals surface area contributed by atoms with E-state index in [4.69, 9.17) is 16.7 Å². The van der Waals surface area contributed by atoms with Crippen LogP contribution in [0.25, 0.3) is 0 Å². The molecule has 16 heavy (non-hydrogen) atoms. The fraction of sp³-hybridized carbons (Fsp3) is 0.273. The monoisotopic (exact) mass is 239 g/mol. The summed E-state index contributed by atoms with van der Waals surface area (Å²) < 4.78 is 0. The zero-order valence-corrected chi connectivity index (χ0v) is 9.15. The van der Waals surface area contributed by atoms with E-state index in [1.165, 1.54) is 4.90 Å². The van der Waals surface area contributed by atoms with Crippen LogP contribution in [0.5, 0.6) is 0 Å². The van der Waals surface area contributed by atoms with Crippen molar-refractivity contribution >= 4 is 22.9 Å². The van der Waals surface area contributed by atoms with Gasteiger partial charge in [-0.2, -0.15) is 0 Å². The maximum atomic E-state index is 11.2. The van der Waals surface area contributed by atoms with Crippen molar-refractivity contribution in [3.63, 3.8) is 0 Å². The summed E-state index contributed by atoms with van der Waals surface area (Å²) >= 11 is 5.39. The molecule has 2 rings (SSSR count). The molecule has 1 amide bonds. The number of carboxylic acid groups (broad SMARTS) is 1. The Morgan fingerprint density at radius 1 is 1.31 bits per heavy atom. The van der Waals surface area contributed by atoms with Gasteiger partial charge in [-0.25, -0.2) is 4.79 Å². The molecule has 0 spiro atoms. The predicted molar refractivity (Wildman–Crippen MR) is 58.4 cm³/mol. The van der Waals surface area contributed by atoms with E-state index in [0.29, 0.717) is 6.42 Å². The number of hydrogen-bond acceptors (Lipinski definition) is 2. The largest absolute Gasteiger partial charge is 0.480 e. The minimum Gasteiger partial charge on any atom is -0.480 e. The molecule has 1 aromatic carbocycles. The average molecular weight is 240 g/mol. The van der Waals surface area contributed by atoms with Crippen LogP contribution in [0.1, 0.15) is 11.1 Å². The second-order valence-corrected chi connectivity index (χ2v) is 4.03. The molecule has 1 aliphatic heterocycles. The van der Waals surface area contributed by atoms with E-state index in [-0.39, 0.29) is 6.54 Å². The zero-order chi connectivity index (χ0) is 11.7. The lowest BCUT2D eigenvalue weighted by Crippen LogP contribution is -2.46. The Kier molecular flexibility index (Phi) is 2.83. The quantitative estimate of drug-likeness (QED) is 0.601. The van der Waals surface area contributed by atoms with Crippen LogP contribution in [0, 0.1) is 0 Å². The number of fused-ring (bicyclic) bond motifs is 1. The first-order chi connectivity index (χ1) is 7.59. The van der Waals surface area contributed by atoms with Gasteiger partial charge in [-0.15, -0.1) is 0 Å². The van der Waals surface area contributed by atoms with Crippen molar-refractivity contribution < 1.29 is 14.7 Å². The molecule has 0 saturated heterocycles. The summed E-state index contributed by atoms with van der Waals surface area (Å²) in [5, 5.41) is 8.31. The maximum absolute atomic E-state index is 11.2. The van der Waals surface area contributed by atoms with Crippen molar-refractivity contribution in [1.82, 2.24) is 4.90 Å². The van der Waals surface area contributed by atoms with Crippen LogP contribution < -0.4 is 0 Å². The van der Waals surface area contributed by atoms with Crippen molar-refractivity contribution in [3.05, 3.63) is 35.4 Å². The lowest BCUT2D eigenvalue weighted by molar-refractivity contribution is -0.142. The third-order valence-corrected chi connectivity index (χ3v) is 2.98. The Bertz CT molecular complexity index is 406. The number of carbonyl (C=O) groups excluding carboxylic acids is 1. The highest BCUT2D eigenvalue weighted by molar-refractivity contribution is 6.63. The molecule has 0 radical (unpaired) electrons. The minimum atomic E-state index is -1.02. The van der Waals surface area contributed by atoms with Gasteiger partial charge in [0.1, 0.15) is 6.04 Å². The number of hydrogen-bond donors (Lipinski definition) is 1. The Labute approximate surface area is 97.4 Å². The molecule has 0 saturated carbocycles. The summed E-state index contributed by atoms with van der Waals surface area (Å²) in [4.78, 5) is 23.4. The van der Waals surface area contributed by atoms with Crippen LogP contribution in [0.2, 0.25) is 0 Å². The van der Waals surface area contributed by atoms with Gasteiger partial charge >= 0.3 is 11.3 Å². The number of carboxylic acids is 1. The first-order valence-electron chi connectivity index (χ1n) is 4.85. The van der Waals surface area contributed by atoms with E-state index in [1.807, 2.05) is 24.3 Å². The van der Waals surface area contributed by atoms with Gasteiger partial charge in [0.25, 0.3) is 0 Å². The molecule has 1 heterocycles. The molecule has 0 aliphatic carbocycles. The molecule has 84 valence electrons. The first kappa shape index (κ1) is 11.0. The van der Waals surface area contributed by atoms with Crippen LogP contribution in [0.15, 0.2) is 24.3 Å². The number of aliphatic carboxylic acids is 1. The topological polar surface area (TPSA) is 57.6 Å². The van der Waals surface area contributed by atoms with Crippen LogP contribution >= 0.6 is 11.6 Å². The van der Waals surface area contributed by atoms with E-state index in [0.717, 1.165) is 11.1 Å². The zero-order valence-electron chi connectivity index (χ0n) is 8.39. The molecule has 0 fully saturated rings. The van der Waals surface area contributed by atoms with Gasteiger partial charge in [0.05, 0.1) is 0 Å². The molecule has 0 aromatic heterocycles. The molecule has 0 unspecified atom stereocenters. The lowest BCUT2D eigenvalue weighted by atomic mass is 9.94. The predicted octanol–water partition coefficient (Wildman–Crippen LogP) is 1.86. The van der Waals surface area contributed by atoms with Crippen LogP contribution in [-0.2, 0) is 17.8 Å². The van der Waals surface area contributed by atoms with Crippen LogP contribution in [0.4, 0.5) is 4.79 Å². The Hall–Kier alpha value is -1.55. The van der Waals surface area contributed by atoms with Crippen molar-refractivity contribution in [1.29, 1.82) is 0 Å². The van der Waals surface area contributed by atoms with Gasteiger partial charge in [0, 0.05) is 13.0 Å². The summed E-state index contributed by atoms with van der Waals surface area (Å²) in [6.07, 6.45) is 0.309. The van der Waals surface area contributed by atoms with Crippen LogP contribution in [0.3, 0.4) is 0 Å². The normalized spacial score (nSPS) is 19.1. The van der Waals surface area contributed by atoms with Gasteiger partial charge in [-0.1, -0.05) is 24.3 Å². The Morgan fingerprint density at radius 2 is 1.94 bits per heavy atom. The fourth-order valence-corrected chi connectivity index (χ4v) is 2.11. The third-order valence-electron chi connectivity index (χ3n) is 2.76.